The summed E-state index contributed by atoms with van der Waals surface area (Å²) in [6.45, 7) is -0.333. The summed E-state index contributed by atoms with van der Waals surface area (Å²) in [7, 11) is 0. The molecule has 0 rings (SSSR count). The molecule has 0 aromatic rings. The molecule has 0 spiro atoms. The highest BCUT2D eigenvalue weighted by Gasteiger charge is 2.23. The zero-order chi connectivity index (χ0) is 16.6. The van der Waals surface area contributed by atoms with E-state index in [1.165, 1.54) is 18.4 Å². The molecular formula is C12H13N3O7. The van der Waals surface area contributed by atoms with E-state index in [4.69, 9.17) is 14.7 Å². The molecule has 0 radical (unpaired) electrons. The van der Waals surface area contributed by atoms with E-state index in [1.54, 1.807) is 0 Å². The lowest BCUT2D eigenvalue weighted by Gasteiger charge is -2.12. The molecule has 22 heavy (non-hydrogen) atoms. The predicted octanol–water partition coefficient (Wildman–Crippen LogP) is -0.609. The minimum absolute atomic E-state index is 0.00729. The average Bonchev–Trinajstić information content (AvgIpc) is 2.52. The zero-order valence-corrected chi connectivity index (χ0v) is 11.5. The van der Waals surface area contributed by atoms with E-state index in [-0.39, 0.29) is 39.1 Å². The van der Waals surface area contributed by atoms with Gasteiger partial charge in [-0.1, -0.05) is 0 Å². The lowest BCUT2D eigenvalue weighted by molar-refractivity contribution is -0.154. The van der Waals surface area contributed by atoms with E-state index in [1.807, 2.05) is 0 Å². The second-order valence-electron chi connectivity index (χ2n) is 3.57. The first-order valence-corrected chi connectivity index (χ1v) is 6.10. The molecule has 0 N–H and O–H groups in total. The van der Waals surface area contributed by atoms with E-state index in [0.717, 1.165) is 0 Å². The van der Waals surface area contributed by atoms with Gasteiger partial charge >= 0.3 is 11.9 Å². The molecule has 0 saturated carbocycles. The predicted molar refractivity (Wildman–Crippen MR) is 67.6 cm³/mol. The Morgan fingerprint density at radius 2 is 1.64 bits per heavy atom. The lowest BCUT2D eigenvalue weighted by atomic mass is 10.2. The standard InChI is InChI=1S/C12H13N3O7/c13-7-22-10(12(19)21-6-4-15-9-17)1-2-11(18)20-5-3-14-8-16/h10H,1-6H2. The van der Waals surface area contributed by atoms with Crippen molar-refractivity contribution < 1.29 is 33.4 Å². The molecule has 0 saturated heterocycles. The maximum Gasteiger partial charge on any atom is 0.348 e. The van der Waals surface area contributed by atoms with Crippen molar-refractivity contribution in [2.24, 2.45) is 9.98 Å². The first kappa shape index (κ1) is 19.0. The number of rotatable bonds is 11. The third kappa shape index (κ3) is 9.86. The summed E-state index contributed by atoms with van der Waals surface area (Å²) >= 11 is 0. The molecule has 0 heterocycles. The summed E-state index contributed by atoms with van der Waals surface area (Å²) in [6, 6.07) is 0. The van der Waals surface area contributed by atoms with Crippen LogP contribution in [0.25, 0.3) is 0 Å². The molecule has 0 aliphatic rings. The first-order valence-electron chi connectivity index (χ1n) is 6.10. The Balaban J connectivity index is 4.13. The van der Waals surface area contributed by atoms with Crippen molar-refractivity contribution in [2.45, 2.75) is 18.9 Å². The number of hydrogen-bond donors (Lipinski definition) is 0. The van der Waals surface area contributed by atoms with Crippen LogP contribution in [0.1, 0.15) is 12.8 Å². The normalized spacial score (nSPS) is 10.1. The minimum Gasteiger partial charge on any atom is -0.464 e. The fourth-order valence-electron chi connectivity index (χ4n) is 1.19. The maximum absolute atomic E-state index is 11.6. The Morgan fingerprint density at radius 1 is 1.05 bits per heavy atom. The summed E-state index contributed by atoms with van der Waals surface area (Å²) in [5, 5.41) is 8.45. The molecule has 0 bridgehead atoms. The number of ether oxygens (including phenoxy) is 3. The Morgan fingerprint density at radius 3 is 2.18 bits per heavy atom. The molecule has 1 unspecified atom stereocenters. The maximum atomic E-state index is 11.6. The smallest absolute Gasteiger partial charge is 0.348 e. The highest BCUT2D eigenvalue weighted by Crippen LogP contribution is 2.06. The summed E-state index contributed by atoms with van der Waals surface area (Å²) < 4.78 is 13.9. The Kier molecular flexibility index (Phi) is 11.2. The van der Waals surface area contributed by atoms with Gasteiger partial charge in [0.25, 0.3) is 6.26 Å². The first-order chi connectivity index (χ1) is 10.7. The Labute approximate surface area is 125 Å². The van der Waals surface area contributed by atoms with Gasteiger partial charge in [-0.25, -0.2) is 24.4 Å². The van der Waals surface area contributed by atoms with Crippen molar-refractivity contribution >= 4 is 24.1 Å². The van der Waals surface area contributed by atoms with E-state index in [0.29, 0.717) is 0 Å². The number of carbonyl (C=O) groups excluding carboxylic acids is 4. The SMILES string of the molecule is N#COC(CCC(=O)OCCN=C=O)C(=O)OCCN=C=O. The van der Waals surface area contributed by atoms with Crippen LogP contribution in [0, 0.1) is 11.5 Å². The van der Waals surface area contributed by atoms with Crippen molar-refractivity contribution in [3.05, 3.63) is 0 Å². The highest BCUT2D eigenvalue weighted by atomic mass is 16.6. The van der Waals surface area contributed by atoms with Gasteiger partial charge in [0.2, 0.25) is 18.3 Å². The van der Waals surface area contributed by atoms with Crippen molar-refractivity contribution in [3.8, 4) is 6.26 Å². The van der Waals surface area contributed by atoms with Crippen molar-refractivity contribution in [2.75, 3.05) is 26.3 Å². The third-order valence-corrected chi connectivity index (χ3v) is 2.11. The zero-order valence-electron chi connectivity index (χ0n) is 11.5. The van der Waals surface area contributed by atoms with Crippen LogP contribution < -0.4 is 0 Å². The van der Waals surface area contributed by atoms with Gasteiger partial charge < -0.3 is 14.2 Å². The number of nitriles is 1. The fraction of sp³-hybridized carbons (Fsp3) is 0.583. The average molecular weight is 311 g/mol. The topological polar surface area (TPSA) is 144 Å². The lowest BCUT2D eigenvalue weighted by Crippen LogP contribution is -2.27. The second kappa shape index (κ2) is 13.0. The molecule has 118 valence electrons. The highest BCUT2D eigenvalue weighted by molar-refractivity contribution is 5.76. The van der Waals surface area contributed by atoms with Crippen molar-refractivity contribution in [1.82, 2.24) is 0 Å². The molecule has 0 fully saturated rings. The second-order valence-corrected chi connectivity index (χ2v) is 3.57. The van der Waals surface area contributed by atoms with Crippen LogP contribution in [0.3, 0.4) is 0 Å². The molecule has 10 heteroatoms. The number of isocyanates is 2. The summed E-state index contributed by atoms with van der Waals surface area (Å²) in [6.07, 6.45) is 2.32. The summed E-state index contributed by atoms with van der Waals surface area (Å²) in [5.41, 5.74) is 0. The fourth-order valence-corrected chi connectivity index (χ4v) is 1.19. The van der Waals surface area contributed by atoms with Crippen LogP contribution in [0.15, 0.2) is 9.98 Å². The van der Waals surface area contributed by atoms with Gasteiger partial charge in [0.15, 0.2) is 0 Å². The number of aliphatic imine (C=N–C) groups is 2. The quantitative estimate of drug-likeness (QED) is 0.161. The number of nitrogens with zero attached hydrogens (tertiary/aromatic N) is 3. The van der Waals surface area contributed by atoms with Gasteiger partial charge in [-0.15, -0.1) is 0 Å². The van der Waals surface area contributed by atoms with Gasteiger partial charge in [-0.2, -0.15) is 5.26 Å². The Bertz CT molecular complexity index is 501. The van der Waals surface area contributed by atoms with E-state index in [9.17, 15) is 19.2 Å². The van der Waals surface area contributed by atoms with Crippen molar-refractivity contribution in [3.63, 3.8) is 0 Å². The van der Waals surface area contributed by atoms with Gasteiger partial charge in [0.05, 0.1) is 13.1 Å². The largest absolute Gasteiger partial charge is 0.464 e. The van der Waals surface area contributed by atoms with Crippen LogP contribution in [0.4, 0.5) is 0 Å². The molecule has 0 aliphatic heterocycles. The van der Waals surface area contributed by atoms with Crippen molar-refractivity contribution in [1.29, 1.82) is 5.26 Å². The molecule has 1 atom stereocenters. The van der Waals surface area contributed by atoms with E-state index in [2.05, 4.69) is 14.7 Å². The monoisotopic (exact) mass is 311 g/mol. The van der Waals surface area contributed by atoms with Crippen LogP contribution in [0.2, 0.25) is 0 Å². The molecule has 0 amide bonds. The van der Waals surface area contributed by atoms with Crippen LogP contribution in [-0.2, 0) is 33.4 Å². The van der Waals surface area contributed by atoms with E-state index < -0.39 is 18.0 Å². The number of esters is 2. The molecule has 0 aliphatic carbocycles. The molecule has 0 aromatic carbocycles. The van der Waals surface area contributed by atoms with E-state index >= 15 is 0 Å². The van der Waals surface area contributed by atoms with Crippen LogP contribution >= 0.6 is 0 Å². The van der Waals surface area contributed by atoms with Crippen LogP contribution in [0.5, 0.6) is 0 Å². The molecule has 0 aromatic heterocycles. The summed E-state index contributed by atoms with van der Waals surface area (Å²) in [4.78, 5) is 48.8. The van der Waals surface area contributed by atoms with Gasteiger partial charge in [0.1, 0.15) is 13.2 Å². The molecule has 10 nitrogen and oxygen atoms in total. The van der Waals surface area contributed by atoms with Crippen LogP contribution in [-0.4, -0.2) is 56.5 Å². The van der Waals surface area contributed by atoms with Gasteiger partial charge in [-0.05, 0) is 0 Å². The third-order valence-electron chi connectivity index (χ3n) is 2.11. The van der Waals surface area contributed by atoms with Gasteiger partial charge in [-0.3, -0.25) is 4.79 Å². The van der Waals surface area contributed by atoms with Gasteiger partial charge in [0, 0.05) is 12.8 Å². The minimum atomic E-state index is -1.26. The summed E-state index contributed by atoms with van der Waals surface area (Å²) in [5.74, 6) is -1.51. The Hall–Kier alpha value is -3.01. The molecular weight excluding hydrogens is 298 g/mol. The number of carbonyl (C=O) groups is 2. The number of hydrogen-bond acceptors (Lipinski definition) is 10.